The van der Waals surface area contributed by atoms with Crippen molar-refractivity contribution in [1.29, 1.82) is 0 Å². The van der Waals surface area contributed by atoms with Crippen LogP contribution in [-0.4, -0.2) is 12.3 Å². The average Bonchev–Trinajstić information content (AvgIpc) is 2.09. The van der Waals surface area contributed by atoms with Crippen LogP contribution in [0.2, 0.25) is 0 Å². The van der Waals surface area contributed by atoms with E-state index in [0.29, 0.717) is 12.8 Å². The molecule has 0 aliphatic heterocycles. The quantitative estimate of drug-likeness (QED) is 0.416. The van der Waals surface area contributed by atoms with Crippen LogP contribution in [-0.2, 0) is 4.79 Å². The molecule has 0 saturated carbocycles. The van der Waals surface area contributed by atoms with Crippen molar-refractivity contribution in [2.75, 3.05) is 6.54 Å². The Kier molecular flexibility index (Phi) is 7.86. The van der Waals surface area contributed by atoms with Gasteiger partial charge in [0.1, 0.15) is 5.78 Å². The van der Waals surface area contributed by atoms with E-state index in [2.05, 4.69) is 12.1 Å². The summed E-state index contributed by atoms with van der Waals surface area (Å²) in [7, 11) is 0. The molecule has 0 aliphatic carbocycles. The van der Waals surface area contributed by atoms with Gasteiger partial charge in [-0.3, -0.25) is 4.79 Å². The molecule has 3 nitrogen and oxygen atoms in total. The lowest BCUT2D eigenvalue weighted by Gasteiger charge is -1.97. The Bertz CT molecular complexity index is 134. The van der Waals surface area contributed by atoms with E-state index >= 15 is 0 Å². The molecule has 0 bridgehead atoms. The van der Waals surface area contributed by atoms with E-state index in [0.717, 1.165) is 12.8 Å². The molecule has 70 valence electrons. The fourth-order valence-electron chi connectivity index (χ4n) is 1.04. The Hall–Kier alpha value is -0.730. The molecule has 0 aromatic carbocycles. The second-order valence-corrected chi connectivity index (χ2v) is 2.95. The lowest BCUT2D eigenvalue weighted by Crippen LogP contribution is -1.99. The van der Waals surface area contributed by atoms with Gasteiger partial charge >= 0.3 is 0 Å². The third-order valence-electron chi connectivity index (χ3n) is 1.79. The summed E-state index contributed by atoms with van der Waals surface area (Å²) < 4.78 is 0. The number of ketones is 1. The Labute approximate surface area is 73.5 Å². The van der Waals surface area contributed by atoms with Crippen LogP contribution in [0, 0.1) is 4.91 Å². The van der Waals surface area contributed by atoms with Crippen LogP contribution in [0.15, 0.2) is 5.18 Å². The number of Topliss-reactive ketones (excluding diaryl/α,β-unsaturated/α-hetero) is 1. The van der Waals surface area contributed by atoms with Gasteiger partial charge in [-0.15, -0.1) is 0 Å². The molecule has 0 spiro atoms. The van der Waals surface area contributed by atoms with Gasteiger partial charge in [0.15, 0.2) is 0 Å². The first-order valence-electron chi connectivity index (χ1n) is 4.62. The van der Waals surface area contributed by atoms with Crippen molar-refractivity contribution in [3.63, 3.8) is 0 Å². The van der Waals surface area contributed by atoms with Crippen LogP contribution < -0.4 is 0 Å². The fourth-order valence-corrected chi connectivity index (χ4v) is 1.04. The first-order chi connectivity index (χ1) is 5.81. The van der Waals surface area contributed by atoms with Gasteiger partial charge in [-0.05, 0) is 6.42 Å². The van der Waals surface area contributed by atoms with Crippen LogP contribution in [0.3, 0.4) is 0 Å². The normalized spacial score (nSPS) is 9.75. The molecule has 0 radical (unpaired) electrons. The SMILES string of the molecule is CCCCCCC(=O)CCN=O. The molecular formula is C9H17NO2. The van der Waals surface area contributed by atoms with Crippen molar-refractivity contribution in [3.05, 3.63) is 4.91 Å². The summed E-state index contributed by atoms with van der Waals surface area (Å²) in [5.41, 5.74) is 0. The molecule has 0 aromatic heterocycles. The molecule has 0 aromatic rings. The molecule has 0 N–H and O–H groups in total. The van der Waals surface area contributed by atoms with E-state index in [1.54, 1.807) is 0 Å². The second-order valence-electron chi connectivity index (χ2n) is 2.95. The molecular weight excluding hydrogens is 154 g/mol. The molecule has 0 saturated heterocycles. The Morgan fingerprint density at radius 1 is 1.17 bits per heavy atom. The van der Waals surface area contributed by atoms with Gasteiger partial charge in [0.2, 0.25) is 0 Å². The van der Waals surface area contributed by atoms with Crippen LogP contribution in [0.25, 0.3) is 0 Å². The van der Waals surface area contributed by atoms with Gasteiger partial charge in [-0.25, -0.2) is 0 Å². The predicted octanol–water partition coefficient (Wildman–Crippen LogP) is 2.68. The third kappa shape index (κ3) is 7.38. The maximum atomic E-state index is 11.0. The van der Waals surface area contributed by atoms with Gasteiger partial charge in [0.25, 0.3) is 0 Å². The molecule has 12 heavy (non-hydrogen) atoms. The van der Waals surface area contributed by atoms with Crippen LogP contribution in [0.1, 0.15) is 45.4 Å². The van der Waals surface area contributed by atoms with E-state index in [9.17, 15) is 9.70 Å². The average molecular weight is 171 g/mol. The van der Waals surface area contributed by atoms with E-state index < -0.39 is 0 Å². The van der Waals surface area contributed by atoms with Crippen molar-refractivity contribution < 1.29 is 4.79 Å². The largest absolute Gasteiger partial charge is 0.300 e. The Balaban J connectivity index is 3.13. The van der Waals surface area contributed by atoms with Crippen LogP contribution in [0.5, 0.6) is 0 Å². The molecule has 3 heteroatoms. The highest BCUT2D eigenvalue weighted by atomic mass is 16.3. The number of nitroso groups, excluding NO2 is 1. The van der Waals surface area contributed by atoms with E-state index in [1.807, 2.05) is 0 Å². The minimum Gasteiger partial charge on any atom is -0.300 e. The van der Waals surface area contributed by atoms with E-state index in [-0.39, 0.29) is 12.3 Å². The molecule has 0 heterocycles. The van der Waals surface area contributed by atoms with Crippen LogP contribution >= 0.6 is 0 Å². The summed E-state index contributed by atoms with van der Waals surface area (Å²) in [4.78, 5) is 20.6. The van der Waals surface area contributed by atoms with Crippen molar-refractivity contribution in [2.45, 2.75) is 45.4 Å². The highest BCUT2D eigenvalue weighted by Crippen LogP contribution is 2.04. The Morgan fingerprint density at radius 2 is 1.92 bits per heavy atom. The maximum absolute atomic E-state index is 11.0. The van der Waals surface area contributed by atoms with Gasteiger partial charge in [0, 0.05) is 12.8 Å². The monoisotopic (exact) mass is 171 g/mol. The molecule has 0 amide bonds. The van der Waals surface area contributed by atoms with Crippen molar-refractivity contribution in [2.24, 2.45) is 5.18 Å². The highest BCUT2D eigenvalue weighted by Gasteiger charge is 2.00. The van der Waals surface area contributed by atoms with Gasteiger partial charge in [-0.2, -0.15) is 4.91 Å². The molecule has 0 unspecified atom stereocenters. The number of rotatable bonds is 8. The maximum Gasteiger partial charge on any atom is 0.134 e. The van der Waals surface area contributed by atoms with Gasteiger partial charge in [-0.1, -0.05) is 31.4 Å². The first-order valence-corrected chi connectivity index (χ1v) is 4.62. The summed E-state index contributed by atoms with van der Waals surface area (Å²) in [5, 5.41) is 2.65. The van der Waals surface area contributed by atoms with Crippen molar-refractivity contribution >= 4 is 5.78 Å². The Morgan fingerprint density at radius 3 is 2.50 bits per heavy atom. The number of unbranched alkanes of at least 4 members (excludes halogenated alkanes) is 3. The zero-order valence-corrected chi connectivity index (χ0v) is 7.71. The smallest absolute Gasteiger partial charge is 0.134 e. The van der Waals surface area contributed by atoms with Crippen molar-refractivity contribution in [3.8, 4) is 0 Å². The minimum atomic E-state index is 0.145. The third-order valence-corrected chi connectivity index (χ3v) is 1.79. The first kappa shape index (κ1) is 11.3. The van der Waals surface area contributed by atoms with E-state index in [1.165, 1.54) is 12.8 Å². The lowest BCUT2D eigenvalue weighted by molar-refractivity contribution is -0.119. The summed E-state index contributed by atoms with van der Waals surface area (Å²) in [5.74, 6) is 0.172. The predicted molar refractivity (Wildman–Crippen MR) is 49.0 cm³/mol. The zero-order valence-electron chi connectivity index (χ0n) is 7.71. The summed E-state index contributed by atoms with van der Waals surface area (Å²) >= 11 is 0. The molecule has 0 atom stereocenters. The summed E-state index contributed by atoms with van der Waals surface area (Å²) in [6, 6.07) is 0. The minimum absolute atomic E-state index is 0.145. The molecule has 0 aliphatic rings. The highest BCUT2D eigenvalue weighted by molar-refractivity contribution is 5.78. The summed E-state index contributed by atoms with van der Waals surface area (Å²) in [6.07, 6.45) is 5.41. The molecule has 0 rings (SSSR count). The number of carbonyl (C=O) groups excluding carboxylic acids is 1. The zero-order chi connectivity index (χ0) is 9.23. The fraction of sp³-hybridized carbons (Fsp3) is 0.889. The topological polar surface area (TPSA) is 46.5 Å². The van der Waals surface area contributed by atoms with Crippen LogP contribution in [0.4, 0.5) is 0 Å². The number of carbonyl (C=O) groups is 1. The number of hydrogen-bond donors (Lipinski definition) is 0. The van der Waals surface area contributed by atoms with Gasteiger partial charge in [0.05, 0.1) is 6.54 Å². The number of hydrogen-bond acceptors (Lipinski definition) is 3. The second kappa shape index (κ2) is 8.37. The lowest BCUT2D eigenvalue weighted by atomic mass is 10.1. The molecule has 0 fully saturated rings. The standard InChI is InChI=1S/C9H17NO2/c1-2-3-4-5-6-9(11)7-8-10-12/h2-8H2,1H3. The summed E-state index contributed by atoms with van der Waals surface area (Å²) in [6.45, 7) is 2.28. The number of nitrogens with zero attached hydrogens (tertiary/aromatic N) is 1. The van der Waals surface area contributed by atoms with E-state index in [4.69, 9.17) is 0 Å². The van der Waals surface area contributed by atoms with Crippen molar-refractivity contribution in [1.82, 2.24) is 0 Å². The van der Waals surface area contributed by atoms with Gasteiger partial charge < -0.3 is 0 Å².